The van der Waals surface area contributed by atoms with E-state index in [4.69, 9.17) is 0 Å². The number of allylic oxidation sites excluding steroid dienone is 1. The minimum Gasteiger partial charge on any atom is -0.393 e. The molecule has 3 fully saturated rings. The number of nitrogens with zero attached hydrogens (tertiary/aromatic N) is 1. The van der Waals surface area contributed by atoms with E-state index >= 15 is 0 Å². The molecule has 0 bridgehead atoms. The summed E-state index contributed by atoms with van der Waals surface area (Å²) in [4.78, 5) is 15.2. The quantitative estimate of drug-likeness (QED) is 0.495. The van der Waals surface area contributed by atoms with E-state index in [1.54, 1.807) is 5.57 Å². The maximum atomic E-state index is 13.1. The van der Waals surface area contributed by atoms with E-state index in [9.17, 15) is 9.90 Å². The van der Waals surface area contributed by atoms with Crippen LogP contribution in [-0.4, -0.2) is 35.1 Å². The fourth-order valence-corrected chi connectivity index (χ4v) is 9.87. The summed E-state index contributed by atoms with van der Waals surface area (Å²) in [6.45, 7) is 9.43. The summed E-state index contributed by atoms with van der Waals surface area (Å²) in [5, 5.41) is 10.3. The molecule has 190 valence electrons. The third-order valence-corrected chi connectivity index (χ3v) is 11.9. The van der Waals surface area contributed by atoms with Gasteiger partial charge in [0, 0.05) is 18.7 Å². The Balaban J connectivity index is 1.13. The van der Waals surface area contributed by atoms with Gasteiger partial charge in [-0.15, -0.1) is 0 Å². The maximum Gasteiger partial charge on any atom is 0.254 e. The molecule has 0 aromatic heterocycles. The van der Waals surface area contributed by atoms with E-state index in [-0.39, 0.29) is 12.0 Å². The lowest BCUT2D eigenvalue weighted by Gasteiger charge is -2.58. The van der Waals surface area contributed by atoms with Gasteiger partial charge in [0.2, 0.25) is 0 Å². The zero-order valence-corrected chi connectivity index (χ0v) is 22.1. The minimum absolute atomic E-state index is 0.114. The van der Waals surface area contributed by atoms with Crippen LogP contribution >= 0.6 is 0 Å². The van der Waals surface area contributed by atoms with Crippen molar-refractivity contribution in [2.75, 3.05) is 13.1 Å². The van der Waals surface area contributed by atoms with E-state index in [0.717, 1.165) is 68.0 Å². The van der Waals surface area contributed by atoms with Crippen LogP contribution in [0, 0.1) is 40.4 Å². The molecule has 0 saturated heterocycles. The summed E-state index contributed by atoms with van der Waals surface area (Å²) in [6, 6.07) is 8.17. The predicted octanol–water partition coefficient (Wildman–Crippen LogP) is 6.65. The molecule has 3 nitrogen and oxygen atoms in total. The van der Waals surface area contributed by atoms with Crippen molar-refractivity contribution >= 4 is 5.91 Å². The molecule has 0 radical (unpaired) electrons. The topological polar surface area (TPSA) is 40.5 Å². The Labute approximate surface area is 212 Å². The number of carbonyl (C=O) groups excluding carboxylic acids is 1. The molecular weight excluding hydrogens is 430 g/mol. The van der Waals surface area contributed by atoms with Crippen LogP contribution in [0.15, 0.2) is 35.9 Å². The molecule has 6 rings (SSSR count). The molecule has 1 N–H and O–H groups in total. The van der Waals surface area contributed by atoms with Crippen LogP contribution in [-0.2, 0) is 6.42 Å². The summed E-state index contributed by atoms with van der Waals surface area (Å²) in [7, 11) is 0. The van der Waals surface area contributed by atoms with Crippen LogP contribution in [0.3, 0.4) is 0 Å². The summed E-state index contributed by atoms with van der Waals surface area (Å²) in [5.74, 6) is 4.18. The van der Waals surface area contributed by atoms with Crippen molar-refractivity contribution in [3.63, 3.8) is 0 Å². The number of aliphatic hydroxyl groups excluding tert-OH is 1. The standard InChI is InChI=1S/C32H45NO2/c1-21(14-18-33-19-15-22-6-4-5-7-25(22)30(33)35)27-10-11-28-26-9-8-23-20-24(34)12-16-31(23,2)29(26)13-17-32(27,28)3/h4-8,21,24,26-29,34H,9-20H2,1-3H3/t21-,24+,26+,27-,28+,29+,31+,32-/m1/s1. The molecule has 0 spiro atoms. The van der Waals surface area contributed by atoms with Gasteiger partial charge in [-0.05, 0) is 116 Å². The highest BCUT2D eigenvalue weighted by Gasteiger charge is 2.59. The Morgan fingerprint density at radius 2 is 1.91 bits per heavy atom. The van der Waals surface area contributed by atoms with E-state index in [1.165, 1.54) is 44.1 Å². The van der Waals surface area contributed by atoms with Crippen molar-refractivity contribution in [1.29, 1.82) is 0 Å². The molecule has 3 heteroatoms. The van der Waals surface area contributed by atoms with Crippen molar-refractivity contribution in [3.05, 3.63) is 47.0 Å². The molecule has 1 aliphatic heterocycles. The molecule has 3 saturated carbocycles. The second kappa shape index (κ2) is 8.75. The highest BCUT2D eigenvalue weighted by atomic mass is 16.3. The van der Waals surface area contributed by atoms with E-state index in [1.807, 2.05) is 12.1 Å². The monoisotopic (exact) mass is 475 g/mol. The Kier molecular flexibility index (Phi) is 5.94. The summed E-state index contributed by atoms with van der Waals surface area (Å²) < 4.78 is 0. The predicted molar refractivity (Wildman–Crippen MR) is 141 cm³/mol. The van der Waals surface area contributed by atoms with Gasteiger partial charge < -0.3 is 10.0 Å². The SMILES string of the molecule is C[C@H](CCN1CCc2ccccc2C1=O)[C@H]1CC[C@H]2[C@@H]3CC=C4C[C@@H](O)CC[C@]4(C)[C@H]3CC[C@]12C. The Morgan fingerprint density at radius 1 is 1.09 bits per heavy atom. The minimum atomic E-state index is -0.114. The van der Waals surface area contributed by atoms with Crippen LogP contribution < -0.4 is 0 Å². The van der Waals surface area contributed by atoms with Gasteiger partial charge in [0.25, 0.3) is 5.91 Å². The Morgan fingerprint density at radius 3 is 2.77 bits per heavy atom. The zero-order valence-electron chi connectivity index (χ0n) is 22.1. The second-order valence-corrected chi connectivity index (χ2v) is 13.3. The van der Waals surface area contributed by atoms with Gasteiger partial charge in [0.05, 0.1) is 6.10 Å². The van der Waals surface area contributed by atoms with E-state index in [2.05, 4.69) is 43.9 Å². The van der Waals surface area contributed by atoms with Gasteiger partial charge in [0.1, 0.15) is 0 Å². The highest BCUT2D eigenvalue weighted by molar-refractivity contribution is 5.96. The number of hydrogen-bond donors (Lipinski definition) is 1. The number of rotatable bonds is 4. The summed E-state index contributed by atoms with van der Waals surface area (Å²) in [6.07, 6.45) is 14.4. The lowest BCUT2D eigenvalue weighted by molar-refractivity contribution is -0.0574. The fraction of sp³-hybridized carbons (Fsp3) is 0.719. The average Bonchev–Trinajstić information content (AvgIpc) is 3.21. The first-order valence-electron chi connectivity index (χ1n) is 14.6. The molecule has 1 amide bonds. The summed E-state index contributed by atoms with van der Waals surface area (Å²) >= 11 is 0. The number of aliphatic hydroxyl groups is 1. The molecule has 8 atom stereocenters. The first-order chi connectivity index (χ1) is 16.8. The number of benzene rings is 1. The molecule has 0 unspecified atom stereocenters. The molecule has 5 aliphatic rings. The third kappa shape index (κ3) is 3.74. The van der Waals surface area contributed by atoms with Crippen molar-refractivity contribution < 1.29 is 9.90 Å². The van der Waals surface area contributed by atoms with Gasteiger partial charge in [0.15, 0.2) is 0 Å². The van der Waals surface area contributed by atoms with Crippen molar-refractivity contribution in [3.8, 4) is 0 Å². The van der Waals surface area contributed by atoms with E-state index in [0.29, 0.717) is 16.7 Å². The van der Waals surface area contributed by atoms with Crippen LogP contribution in [0.2, 0.25) is 0 Å². The first kappa shape index (κ1) is 23.8. The number of hydrogen-bond acceptors (Lipinski definition) is 2. The normalized spacial score (nSPS) is 41.4. The van der Waals surface area contributed by atoms with E-state index < -0.39 is 0 Å². The molecule has 4 aliphatic carbocycles. The van der Waals surface area contributed by atoms with Crippen molar-refractivity contribution in [2.24, 2.45) is 40.4 Å². The lowest BCUT2D eigenvalue weighted by atomic mass is 9.47. The van der Waals surface area contributed by atoms with Crippen LogP contribution in [0.1, 0.15) is 94.5 Å². The molecular formula is C32H45NO2. The smallest absolute Gasteiger partial charge is 0.254 e. The van der Waals surface area contributed by atoms with Crippen molar-refractivity contribution in [2.45, 2.75) is 91.1 Å². The first-order valence-corrected chi connectivity index (χ1v) is 14.6. The Bertz CT molecular complexity index is 1010. The van der Waals surface area contributed by atoms with Gasteiger partial charge in [-0.1, -0.05) is 50.6 Å². The molecule has 1 aromatic rings. The maximum absolute atomic E-state index is 13.1. The van der Waals surface area contributed by atoms with Crippen LogP contribution in [0.4, 0.5) is 0 Å². The van der Waals surface area contributed by atoms with Crippen molar-refractivity contribution in [1.82, 2.24) is 4.90 Å². The van der Waals surface area contributed by atoms with Gasteiger partial charge in [-0.3, -0.25) is 4.79 Å². The fourth-order valence-electron chi connectivity index (χ4n) is 9.87. The number of carbonyl (C=O) groups is 1. The van der Waals surface area contributed by atoms with Crippen LogP contribution in [0.25, 0.3) is 0 Å². The third-order valence-electron chi connectivity index (χ3n) is 11.9. The highest BCUT2D eigenvalue weighted by Crippen LogP contribution is 2.67. The Hall–Kier alpha value is -1.61. The van der Waals surface area contributed by atoms with Gasteiger partial charge in [-0.2, -0.15) is 0 Å². The molecule has 35 heavy (non-hydrogen) atoms. The van der Waals surface area contributed by atoms with Gasteiger partial charge >= 0.3 is 0 Å². The zero-order chi connectivity index (χ0) is 24.4. The largest absolute Gasteiger partial charge is 0.393 e. The van der Waals surface area contributed by atoms with Gasteiger partial charge in [-0.25, -0.2) is 0 Å². The second-order valence-electron chi connectivity index (χ2n) is 13.3. The lowest BCUT2D eigenvalue weighted by Crippen LogP contribution is -2.51. The number of fused-ring (bicyclic) bond motifs is 6. The summed E-state index contributed by atoms with van der Waals surface area (Å²) in [5.41, 5.74) is 4.51. The number of amides is 1. The molecule has 1 aromatic carbocycles. The molecule has 1 heterocycles. The average molecular weight is 476 g/mol. The van der Waals surface area contributed by atoms with Crippen LogP contribution in [0.5, 0.6) is 0 Å².